The predicted molar refractivity (Wildman–Crippen MR) is 101 cm³/mol. The molecule has 2 heterocycles. The van der Waals surface area contributed by atoms with E-state index in [1.54, 1.807) is 12.1 Å². The lowest BCUT2D eigenvalue weighted by Gasteiger charge is -2.07. The molecule has 8 heteroatoms. The maximum atomic E-state index is 12.1. The molecule has 0 aliphatic heterocycles. The van der Waals surface area contributed by atoms with Crippen LogP contribution in [0.25, 0.3) is 22.4 Å². The second-order valence-corrected chi connectivity index (χ2v) is 6.95. The van der Waals surface area contributed by atoms with Crippen molar-refractivity contribution < 1.29 is 18.4 Å². The number of ether oxygens (including phenoxy) is 1. The highest BCUT2D eigenvalue weighted by Crippen LogP contribution is 2.33. The van der Waals surface area contributed by atoms with Crippen molar-refractivity contribution in [3.05, 3.63) is 65.7 Å². The number of fused-ring (bicyclic) bond motifs is 1. The van der Waals surface area contributed by atoms with Crippen LogP contribution < -0.4 is 0 Å². The van der Waals surface area contributed by atoms with Crippen molar-refractivity contribution in [3.63, 3.8) is 0 Å². The van der Waals surface area contributed by atoms with Crippen LogP contribution in [0.1, 0.15) is 5.89 Å². The smallest absolute Gasteiger partial charge is 0.316 e. The van der Waals surface area contributed by atoms with Gasteiger partial charge in [-0.3, -0.25) is 4.79 Å². The van der Waals surface area contributed by atoms with E-state index in [9.17, 15) is 4.79 Å². The maximum absolute atomic E-state index is 12.1. The molecule has 2 aromatic carbocycles. The van der Waals surface area contributed by atoms with Crippen molar-refractivity contribution >= 4 is 40.1 Å². The summed E-state index contributed by atoms with van der Waals surface area (Å²) < 4.78 is 15.8. The van der Waals surface area contributed by atoms with Crippen molar-refractivity contribution in [2.24, 2.45) is 0 Å². The van der Waals surface area contributed by atoms with Crippen LogP contribution in [0.4, 0.5) is 0 Å². The van der Waals surface area contributed by atoms with Gasteiger partial charge in [0.25, 0.3) is 11.8 Å². The van der Waals surface area contributed by atoms with Gasteiger partial charge in [0.15, 0.2) is 12.4 Å². The van der Waals surface area contributed by atoms with Gasteiger partial charge in [0.2, 0.25) is 0 Å². The fourth-order valence-electron chi connectivity index (χ4n) is 2.51. The number of esters is 1. The average molecular weight is 401 g/mol. The van der Waals surface area contributed by atoms with Crippen LogP contribution in [0.5, 0.6) is 0 Å². The molecule has 136 valence electrons. The van der Waals surface area contributed by atoms with Gasteiger partial charge in [-0.15, -0.1) is 22.0 Å². The molecule has 0 fully saturated rings. The molecule has 0 unspecified atom stereocenters. The molecule has 0 saturated carbocycles. The van der Waals surface area contributed by atoms with Crippen molar-refractivity contribution in [2.45, 2.75) is 11.5 Å². The molecule has 0 aliphatic rings. The Balaban J connectivity index is 1.36. The highest BCUT2D eigenvalue weighted by Gasteiger charge is 2.13. The zero-order valence-corrected chi connectivity index (χ0v) is 15.5. The first kappa shape index (κ1) is 17.6. The molecule has 0 bridgehead atoms. The standard InChI is InChI=1S/C19H13ClN2O4S/c20-13-6-1-4-12-5-2-8-15(18(12)13)27-11-17(23)25-10-16-21-22-19(26-16)14-7-3-9-24-14/h1-9H,10-11H2. The lowest BCUT2D eigenvalue weighted by atomic mass is 10.1. The van der Waals surface area contributed by atoms with E-state index in [0.29, 0.717) is 10.8 Å². The Labute approximate surface area is 163 Å². The second-order valence-electron chi connectivity index (χ2n) is 5.52. The normalized spacial score (nSPS) is 11.0. The van der Waals surface area contributed by atoms with Crippen LogP contribution in [0, 0.1) is 0 Å². The van der Waals surface area contributed by atoms with Crippen LogP contribution in [0.2, 0.25) is 5.02 Å². The van der Waals surface area contributed by atoms with E-state index < -0.39 is 0 Å². The highest BCUT2D eigenvalue weighted by molar-refractivity contribution is 8.00. The monoisotopic (exact) mass is 400 g/mol. The third-order valence-corrected chi connectivity index (χ3v) is 5.06. The third-order valence-electron chi connectivity index (χ3n) is 3.72. The summed E-state index contributed by atoms with van der Waals surface area (Å²) in [6.07, 6.45) is 1.51. The first-order chi connectivity index (χ1) is 13.2. The molecule has 4 rings (SSSR count). The fraction of sp³-hybridized carbons (Fsp3) is 0.105. The van der Waals surface area contributed by atoms with Crippen LogP contribution >= 0.6 is 23.4 Å². The summed E-state index contributed by atoms with van der Waals surface area (Å²) in [5.41, 5.74) is 0. The maximum Gasteiger partial charge on any atom is 0.316 e. The Morgan fingerprint density at radius 3 is 2.78 bits per heavy atom. The summed E-state index contributed by atoms with van der Waals surface area (Å²) in [5, 5.41) is 10.3. The zero-order valence-electron chi connectivity index (χ0n) is 13.9. The first-order valence-electron chi connectivity index (χ1n) is 8.02. The van der Waals surface area contributed by atoms with Crippen LogP contribution in [0.15, 0.2) is 68.5 Å². The topological polar surface area (TPSA) is 78.4 Å². The Bertz CT molecular complexity index is 1070. The van der Waals surface area contributed by atoms with Crippen molar-refractivity contribution in [2.75, 3.05) is 5.75 Å². The van der Waals surface area contributed by atoms with Crippen LogP contribution in [-0.4, -0.2) is 21.9 Å². The number of nitrogens with zero attached hydrogens (tertiary/aromatic N) is 2. The average Bonchev–Trinajstić information content (AvgIpc) is 3.36. The van der Waals surface area contributed by atoms with E-state index in [1.165, 1.54) is 18.0 Å². The van der Waals surface area contributed by atoms with E-state index in [2.05, 4.69) is 10.2 Å². The van der Waals surface area contributed by atoms with Gasteiger partial charge in [0.05, 0.1) is 12.0 Å². The molecule has 4 aromatic rings. The van der Waals surface area contributed by atoms with Gasteiger partial charge >= 0.3 is 5.97 Å². The Morgan fingerprint density at radius 2 is 1.96 bits per heavy atom. The van der Waals surface area contributed by atoms with Crippen LogP contribution in [0.3, 0.4) is 0 Å². The minimum absolute atomic E-state index is 0.0939. The third kappa shape index (κ3) is 3.99. The van der Waals surface area contributed by atoms with E-state index in [1.807, 2.05) is 36.4 Å². The summed E-state index contributed by atoms with van der Waals surface area (Å²) in [4.78, 5) is 13.0. The molecular formula is C19H13ClN2O4S. The molecule has 0 N–H and O–H groups in total. The molecule has 2 aromatic heterocycles. The largest absolute Gasteiger partial charge is 0.459 e. The van der Waals surface area contributed by atoms with Gasteiger partial charge in [0.1, 0.15) is 0 Å². The minimum Gasteiger partial charge on any atom is -0.459 e. The Hall–Kier alpha value is -2.77. The van der Waals surface area contributed by atoms with Gasteiger partial charge in [-0.25, -0.2) is 0 Å². The summed E-state index contributed by atoms with van der Waals surface area (Å²) in [6.45, 7) is -0.0939. The first-order valence-corrected chi connectivity index (χ1v) is 9.39. The molecule has 0 aliphatic carbocycles. The molecule has 0 saturated heterocycles. The Kier molecular flexibility index (Phi) is 5.13. The van der Waals surface area contributed by atoms with Crippen LogP contribution in [-0.2, 0) is 16.1 Å². The summed E-state index contributed by atoms with van der Waals surface area (Å²) in [5.74, 6) is 0.660. The number of hydrogen-bond acceptors (Lipinski definition) is 7. The summed E-state index contributed by atoms with van der Waals surface area (Å²) in [6, 6.07) is 15.0. The molecule has 0 radical (unpaired) electrons. The van der Waals surface area contributed by atoms with Crippen molar-refractivity contribution in [1.82, 2.24) is 10.2 Å². The number of halogens is 1. The quantitative estimate of drug-likeness (QED) is 0.334. The van der Waals surface area contributed by atoms with Gasteiger partial charge in [0, 0.05) is 15.3 Å². The number of hydrogen-bond donors (Lipinski definition) is 0. The van der Waals surface area contributed by atoms with Crippen molar-refractivity contribution in [3.8, 4) is 11.7 Å². The lowest BCUT2D eigenvalue weighted by Crippen LogP contribution is -2.07. The number of rotatable bonds is 6. The van der Waals surface area contributed by atoms with Gasteiger partial charge < -0.3 is 13.6 Å². The zero-order chi connectivity index (χ0) is 18.6. The number of furan rings is 1. The lowest BCUT2D eigenvalue weighted by molar-refractivity contribution is -0.142. The number of thioether (sulfide) groups is 1. The van der Waals surface area contributed by atoms with E-state index >= 15 is 0 Å². The van der Waals surface area contributed by atoms with Gasteiger partial charge in [-0.1, -0.05) is 35.9 Å². The number of aromatic nitrogens is 2. The summed E-state index contributed by atoms with van der Waals surface area (Å²) in [7, 11) is 0. The van der Waals surface area contributed by atoms with Gasteiger partial charge in [-0.2, -0.15) is 0 Å². The van der Waals surface area contributed by atoms with E-state index in [4.69, 9.17) is 25.2 Å². The van der Waals surface area contributed by atoms with Gasteiger partial charge in [-0.05, 0) is 29.7 Å². The molecule has 0 atom stereocenters. The second kappa shape index (κ2) is 7.85. The molecular weight excluding hydrogens is 388 g/mol. The number of benzene rings is 2. The molecule has 0 spiro atoms. The van der Waals surface area contributed by atoms with E-state index in [0.717, 1.165) is 15.7 Å². The number of carbonyl (C=O) groups excluding carboxylic acids is 1. The predicted octanol–water partition coefficient (Wildman–Crippen LogP) is 4.97. The molecule has 27 heavy (non-hydrogen) atoms. The highest BCUT2D eigenvalue weighted by atomic mass is 35.5. The number of carbonyl (C=O) groups is 1. The fourth-order valence-corrected chi connectivity index (χ4v) is 3.76. The summed E-state index contributed by atoms with van der Waals surface area (Å²) >= 11 is 7.67. The minimum atomic E-state index is -0.387. The molecule has 6 nitrogen and oxygen atoms in total. The molecule has 0 amide bonds. The van der Waals surface area contributed by atoms with E-state index in [-0.39, 0.29) is 30.1 Å². The SMILES string of the molecule is O=C(CSc1cccc2cccc(Cl)c12)OCc1nnc(-c2ccco2)o1. The Morgan fingerprint density at radius 1 is 1.11 bits per heavy atom. The van der Waals surface area contributed by atoms with Crippen molar-refractivity contribution in [1.29, 1.82) is 0 Å².